The summed E-state index contributed by atoms with van der Waals surface area (Å²) >= 11 is 0. The third kappa shape index (κ3) is 4.25. The van der Waals surface area contributed by atoms with Crippen LogP contribution < -0.4 is 5.32 Å². The average Bonchev–Trinajstić information content (AvgIpc) is 2.44. The third-order valence-electron chi connectivity index (χ3n) is 2.67. The van der Waals surface area contributed by atoms with Crippen molar-refractivity contribution in [3.63, 3.8) is 0 Å². The summed E-state index contributed by atoms with van der Waals surface area (Å²) < 4.78 is 4.76. The third-order valence-corrected chi connectivity index (χ3v) is 2.67. The van der Waals surface area contributed by atoms with Gasteiger partial charge in [-0.25, -0.2) is 4.79 Å². The SMILES string of the molecule is CCOC(=O)[C@H](NC(C)=O)[C@@H](O)c1ccccc1[N+](=O)[O-]. The number of esters is 1. The largest absolute Gasteiger partial charge is 0.464 e. The van der Waals surface area contributed by atoms with E-state index in [1.807, 2.05) is 0 Å². The van der Waals surface area contributed by atoms with Gasteiger partial charge in [0.25, 0.3) is 5.69 Å². The second-order valence-electron chi connectivity index (χ2n) is 4.19. The summed E-state index contributed by atoms with van der Waals surface area (Å²) in [7, 11) is 0. The highest BCUT2D eigenvalue weighted by Gasteiger charge is 2.33. The fourth-order valence-electron chi connectivity index (χ4n) is 1.80. The first-order valence-electron chi connectivity index (χ1n) is 6.23. The zero-order chi connectivity index (χ0) is 16.0. The molecule has 0 aliphatic rings. The molecule has 0 radical (unpaired) electrons. The molecule has 2 atom stereocenters. The fourth-order valence-corrected chi connectivity index (χ4v) is 1.80. The molecule has 114 valence electrons. The molecule has 0 aliphatic heterocycles. The van der Waals surface area contributed by atoms with Crippen LogP contribution in [0.2, 0.25) is 0 Å². The van der Waals surface area contributed by atoms with Crippen molar-refractivity contribution in [2.45, 2.75) is 26.0 Å². The number of aliphatic hydroxyl groups excluding tert-OH is 1. The van der Waals surface area contributed by atoms with Crippen LogP contribution in [0.5, 0.6) is 0 Å². The molecule has 2 N–H and O–H groups in total. The summed E-state index contributed by atoms with van der Waals surface area (Å²) in [6.45, 7) is 2.79. The lowest BCUT2D eigenvalue weighted by molar-refractivity contribution is -0.386. The fraction of sp³-hybridized carbons (Fsp3) is 0.385. The van der Waals surface area contributed by atoms with Crippen molar-refractivity contribution in [2.24, 2.45) is 0 Å². The topological polar surface area (TPSA) is 119 Å². The van der Waals surface area contributed by atoms with Crippen molar-refractivity contribution < 1.29 is 24.4 Å². The monoisotopic (exact) mass is 296 g/mol. The molecule has 0 bridgehead atoms. The van der Waals surface area contributed by atoms with Crippen LogP contribution in [-0.2, 0) is 14.3 Å². The minimum absolute atomic E-state index is 0.0541. The van der Waals surface area contributed by atoms with Gasteiger partial charge in [-0.05, 0) is 13.0 Å². The number of hydrogen-bond donors (Lipinski definition) is 2. The van der Waals surface area contributed by atoms with Crippen molar-refractivity contribution in [1.29, 1.82) is 0 Å². The quantitative estimate of drug-likeness (QED) is 0.453. The van der Waals surface area contributed by atoms with Gasteiger partial charge in [0.15, 0.2) is 6.04 Å². The number of nitrogens with zero attached hydrogens (tertiary/aromatic N) is 1. The highest BCUT2D eigenvalue weighted by Crippen LogP contribution is 2.27. The summed E-state index contributed by atoms with van der Waals surface area (Å²) in [5.41, 5.74) is -0.418. The van der Waals surface area contributed by atoms with Gasteiger partial charge in [0.2, 0.25) is 5.91 Å². The molecule has 8 heteroatoms. The number of ether oxygens (including phenoxy) is 1. The molecular formula is C13H16N2O6. The lowest BCUT2D eigenvalue weighted by atomic mass is 10.0. The van der Waals surface area contributed by atoms with E-state index in [-0.39, 0.29) is 17.9 Å². The number of nitrogens with one attached hydrogen (secondary N) is 1. The van der Waals surface area contributed by atoms with Gasteiger partial charge in [-0.3, -0.25) is 14.9 Å². The summed E-state index contributed by atoms with van der Waals surface area (Å²) in [6, 6.07) is 4.03. The first kappa shape index (κ1) is 16.6. The van der Waals surface area contributed by atoms with Crippen molar-refractivity contribution in [3.05, 3.63) is 39.9 Å². The van der Waals surface area contributed by atoms with Crippen LogP contribution >= 0.6 is 0 Å². The van der Waals surface area contributed by atoms with Crippen molar-refractivity contribution in [1.82, 2.24) is 5.32 Å². The Labute approximate surface area is 120 Å². The van der Waals surface area contributed by atoms with Gasteiger partial charge in [0, 0.05) is 13.0 Å². The maximum Gasteiger partial charge on any atom is 0.331 e. The molecule has 0 fully saturated rings. The molecule has 0 saturated heterocycles. The van der Waals surface area contributed by atoms with E-state index in [9.17, 15) is 24.8 Å². The van der Waals surface area contributed by atoms with E-state index in [1.54, 1.807) is 6.92 Å². The summed E-state index contributed by atoms with van der Waals surface area (Å²) in [6.07, 6.45) is -1.59. The van der Waals surface area contributed by atoms with Gasteiger partial charge in [-0.1, -0.05) is 12.1 Å². The molecule has 1 aromatic carbocycles. The molecule has 0 aliphatic carbocycles. The predicted octanol–water partition coefficient (Wildman–Crippen LogP) is 0.696. The molecular weight excluding hydrogens is 280 g/mol. The zero-order valence-electron chi connectivity index (χ0n) is 11.6. The Morgan fingerprint density at radius 1 is 1.43 bits per heavy atom. The van der Waals surface area contributed by atoms with E-state index in [0.717, 1.165) is 0 Å². The van der Waals surface area contributed by atoms with E-state index in [4.69, 9.17) is 4.74 Å². The summed E-state index contributed by atoms with van der Waals surface area (Å²) in [4.78, 5) is 33.2. The van der Waals surface area contributed by atoms with Crippen LogP contribution in [0.15, 0.2) is 24.3 Å². The molecule has 0 spiro atoms. The Kier molecular flexibility index (Phi) is 5.79. The molecule has 1 rings (SSSR count). The van der Waals surface area contributed by atoms with Gasteiger partial charge in [-0.15, -0.1) is 0 Å². The van der Waals surface area contributed by atoms with Crippen LogP contribution in [0.3, 0.4) is 0 Å². The standard InChI is InChI=1S/C13H16N2O6/c1-3-21-13(18)11(14-8(2)16)12(17)9-6-4-5-7-10(9)15(19)20/h4-7,11-12,17H,3H2,1-2H3,(H,14,16)/t11-,12+/m1/s1. The number of amides is 1. The summed E-state index contributed by atoms with van der Waals surface area (Å²) in [5, 5.41) is 23.4. The lowest BCUT2D eigenvalue weighted by Crippen LogP contribution is -2.45. The van der Waals surface area contributed by atoms with Crippen LogP contribution in [0, 0.1) is 10.1 Å². The number of carbonyl (C=O) groups excluding carboxylic acids is 2. The molecule has 1 amide bonds. The molecule has 1 aromatic rings. The van der Waals surface area contributed by atoms with Gasteiger partial charge < -0.3 is 15.2 Å². The molecule has 0 unspecified atom stereocenters. The Bertz CT molecular complexity index is 545. The zero-order valence-corrected chi connectivity index (χ0v) is 11.6. The van der Waals surface area contributed by atoms with Crippen molar-refractivity contribution in [3.8, 4) is 0 Å². The second-order valence-corrected chi connectivity index (χ2v) is 4.19. The second kappa shape index (κ2) is 7.34. The minimum atomic E-state index is -1.59. The smallest absolute Gasteiger partial charge is 0.331 e. The number of nitro groups is 1. The maximum atomic E-state index is 11.8. The van der Waals surface area contributed by atoms with Crippen LogP contribution in [0.4, 0.5) is 5.69 Å². The Morgan fingerprint density at radius 2 is 2.05 bits per heavy atom. The molecule has 0 aromatic heterocycles. The number of nitro benzene ring substituents is 1. The maximum absolute atomic E-state index is 11.8. The number of benzene rings is 1. The number of rotatable bonds is 6. The van der Waals surface area contributed by atoms with Crippen molar-refractivity contribution >= 4 is 17.6 Å². The van der Waals surface area contributed by atoms with Gasteiger partial charge in [0.05, 0.1) is 17.1 Å². The highest BCUT2D eigenvalue weighted by molar-refractivity contribution is 5.84. The molecule has 0 heterocycles. The van der Waals surface area contributed by atoms with E-state index in [2.05, 4.69) is 5.32 Å². The van der Waals surface area contributed by atoms with Gasteiger partial charge in [-0.2, -0.15) is 0 Å². The van der Waals surface area contributed by atoms with Crippen LogP contribution in [-0.4, -0.2) is 34.6 Å². The Balaban J connectivity index is 3.16. The Hall–Kier alpha value is -2.48. The highest BCUT2D eigenvalue weighted by atomic mass is 16.6. The number of hydrogen-bond acceptors (Lipinski definition) is 6. The summed E-state index contributed by atoms with van der Waals surface area (Å²) in [5.74, 6) is -1.43. The number of aliphatic hydroxyl groups is 1. The van der Waals surface area contributed by atoms with Crippen molar-refractivity contribution in [2.75, 3.05) is 6.61 Å². The van der Waals surface area contributed by atoms with Crippen LogP contribution in [0.1, 0.15) is 25.5 Å². The van der Waals surface area contributed by atoms with Gasteiger partial charge in [0.1, 0.15) is 6.10 Å². The van der Waals surface area contributed by atoms with E-state index < -0.39 is 28.9 Å². The molecule has 21 heavy (non-hydrogen) atoms. The molecule has 0 saturated carbocycles. The lowest BCUT2D eigenvalue weighted by Gasteiger charge is -2.22. The normalized spacial score (nSPS) is 13.1. The Morgan fingerprint density at radius 3 is 2.57 bits per heavy atom. The first-order valence-corrected chi connectivity index (χ1v) is 6.23. The number of para-hydroxylation sites is 1. The van der Waals surface area contributed by atoms with Gasteiger partial charge >= 0.3 is 5.97 Å². The van der Waals surface area contributed by atoms with E-state index >= 15 is 0 Å². The average molecular weight is 296 g/mol. The number of carbonyl (C=O) groups is 2. The molecule has 8 nitrogen and oxygen atoms in total. The minimum Gasteiger partial charge on any atom is -0.464 e. The first-order chi connectivity index (χ1) is 9.88. The van der Waals surface area contributed by atoms with E-state index in [0.29, 0.717) is 0 Å². The predicted molar refractivity (Wildman–Crippen MR) is 72.3 cm³/mol. The van der Waals surface area contributed by atoms with E-state index in [1.165, 1.54) is 31.2 Å². The van der Waals surface area contributed by atoms with Crippen LogP contribution in [0.25, 0.3) is 0 Å².